The largest absolute Gasteiger partial charge is 0.299 e. The highest BCUT2D eigenvalue weighted by Gasteiger charge is 2.10. The van der Waals surface area contributed by atoms with Crippen LogP contribution in [-0.2, 0) is 4.79 Å². The molecule has 2 rings (SSSR count). The first-order valence-corrected chi connectivity index (χ1v) is 7.30. The molecule has 22 heavy (non-hydrogen) atoms. The molecular weight excluding hydrogens is 272 g/mol. The Hall–Kier alpha value is -2.66. The highest BCUT2D eigenvalue weighted by Crippen LogP contribution is 2.06. The van der Waals surface area contributed by atoms with Crippen LogP contribution in [0.25, 0.3) is 0 Å². The molecule has 0 radical (unpaired) electrons. The van der Waals surface area contributed by atoms with Crippen LogP contribution in [0.3, 0.4) is 0 Å². The summed E-state index contributed by atoms with van der Waals surface area (Å²) >= 11 is 0. The molecule has 0 unspecified atom stereocenters. The molecule has 110 valence electrons. The van der Waals surface area contributed by atoms with Crippen LogP contribution in [0.5, 0.6) is 0 Å². The van der Waals surface area contributed by atoms with Gasteiger partial charge in [-0.1, -0.05) is 59.9 Å². The first-order chi connectivity index (χ1) is 10.6. The molecule has 0 aliphatic carbocycles. The van der Waals surface area contributed by atoms with Crippen molar-refractivity contribution < 1.29 is 9.59 Å². The molecular formula is C20H18O2. The van der Waals surface area contributed by atoms with Crippen LogP contribution in [0.4, 0.5) is 0 Å². The number of hydrogen-bond acceptors (Lipinski definition) is 2. The van der Waals surface area contributed by atoms with Crippen molar-refractivity contribution in [1.29, 1.82) is 0 Å². The first kappa shape index (κ1) is 15.7. The average molecular weight is 290 g/mol. The molecule has 0 aromatic heterocycles. The molecule has 0 bridgehead atoms. The molecule has 0 saturated carbocycles. The number of aryl methyl sites for hydroxylation is 1. The number of carbonyl (C=O) groups excluding carboxylic acids is 2. The van der Waals surface area contributed by atoms with E-state index in [0.717, 1.165) is 5.56 Å². The summed E-state index contributed by atoms with van der Waals surface area (Å²) in [6.45, 7) is 2.03. The fourth-order valence-electron chi connectivity index (χ4n) is 2.00. The fourth-order valence-corrected chi connectivity index (χ4v) is 2.00. The summed E-state index contributed by atoms with van der Waals surface area (Å²) in [6, 6.07) is 16.8. The van der Waals surface area contributed by atoms with Crippen LogP contribution >= 0.6 is 0 Å². The molecule has 2 aromatic carbocycles. The van der Waals surface area contributed by atoms with Crippen molar-refractivity contribution >= 4 is 11.6 Å². The van der Waals surface area contributed by atoms with Crippen LogP contribution in [0.15, 0.2) is 54.6 Å². The Balaban J connectivity index is 1.79. The van der Waals surface area contributed by atoms with E-state index in [1.54, 1.807) is 24.3 Å². The number of Topliss-reactive ketones (excluding diaryl/α,β-unsaturated/α-hetero) is 2. The lowest BCUT2D eigenvalue weighted by Crippen LogP contribution is -2.07. The summed E-state index contributed by atoms with van der Waals surface area (Å²) in [6.07, 6.45) is 0.752. The lowest BCUT2D eigenvalue weighted by atomic mass is 10.0. The summed E-state index contributed by atoms with van der Waals surface area (Å²) in [5, 5.41) is 0. The fraction of sp³-hybridized carbons (Fsp3) is 0.200. The zero-order valence-electron chi connectivity index (χ0n) is 12.6. The second-order valence-electron chi connectivity index (χ2n) is 5.17. The number of benzene rings is 2. The molecule has 2 aromatic rings. The van der Waals surface area contributed by atoms with Gasteiger partial charge in [0.2, 0.25) is 0 Å². The topological polar surface area (TPSA) is 34.1 Å². The van der Waals surface area contributed by atoms with Crippen molar-refractivity contribution in [3.8, 4) is 11.8 Å². The number of hydrogen-bond donors (Lipinski definition) is 0. The van der Waals surface area contributed by atoms with Gasteiger partial charge in [-0.05, 0) is 19.1 Å². The molecule has 2 nitrogen and oxygen atoms in total. The van der Waals surface area contributed by atoms with E-state index in [1.807, 2.05) is 37.3 Å². The Labute approximate surface area is 131 Å². The van der Waals surface area contributed by atoms with Gasteiger partial charge in [-0.15, -0.1) is 0 Å². The smallest absolute Gasteiger partial charge is 0.170 e. The maximum atomic E-state index is 11.9. The van der Waals surface area contributed by atoms with E-state index in [4.69, 9.17) is 0 Å². The van der Waals surface area contributed by atoms with Crippen molar-refractivity contribution in [3.63, 3.8) is 0 Å². The molecule has 0 fully saturated rings. The van der Waals surface area contributed by atoms with Gasteiger partial charge in [0.1, 0.15) is 5.78 Å². The molecule has 0 N–H and O–H groups in total. The van der Waals surface area contributed by atoms with E-state index >= 15 is 0 Å². The molecule has 0 aliphatic heterocycles. The van der Waals surface area contributed by atoms with Crippen molar-refractivity contribution in [2.45, 2.75) is 26.2 Å². The van der Waals surface area contributed by atoms with E-state index in [-0.39, 0.29) is 18.0 Å². The Morgan fingerprint density at radius 1 is 0.955 bits per heavy atom. The highest BCUT2D eigenvalue weighted by atomic mass is 16.1. The van der Waals surface area contributed by atoms with Crippen LogP contribution in [0.2, 0.25) is 0 Å². The molecule has 0 amide bonds. The van der Waals surface area contributed by atoms with Gasteiger partial charge < -0.3 is 0 Å². The molecule has 0 spiro atoms. The van der Waals surface area contributed by atoms with Crippen LogP contribution in [-0.4, -0.2) is 11.6 Å². The van der Waals surface area contributed by atoms with Gasteiger partial charge in [0, 0.05) is 24.0 Å². The van der Waals surface area contributed by atoms with Crippen LogP contribution in [0.1, 0.15) is 40.7 Å². The Morgan fingerprint density at radius 2 is 1.64 bits per heavy atom. The van der Waals surface area contributed by atoms with Crippen molar-refractivity contribution in [2.24, 2.45) is 0 Å². The third kappa shape index (κ3) is 5.03. The maximum Gasteiger partial charge on any atom is 0.170 e. The minimum Gasteiger partial charge on any atom is -0.299 e. The van der Waals surface area contributed by atoms with E-state index in [1.165, 1.54) is 5.56 Å². The third-order valence-electron chi connectivity index (χ3n) is 3.27. The predicted octanol–water partition coefficient (Wildman–Crippen LogP) is 3.97. The van der Waals surface area contributed by atoms with Crippen LogP contribution in [0, 0.1) is 18.8 Å². The quantitative estimate of drug-likeness (QED) is 0.474. The average Bonchev–Trinajstić information content (AvgIpc) is 2.54. The number of rotatable bonds is 5. The second-order valence-corrected chi connectivity index (χ2v) is 5.17. The van der Waals surface area contributed by atoms with Gasteiger partial charge in [-0.3, -0.25) is 9.59 Å². The Morgan fingerprint density at radius 3 is 2.32 bits per heavy atom. The molecule has 0 atom stereocenters. The normalized spacial score (nSPS) is 9.68. The zero-order valence-corrected chi connectivity index (χ0v) is 12.6. The first-order valence-electron chi connectivity index (χ1n) is 7.30. The van der Waals surface area contributed by atoms with Crippen LogP contribution < -0.4 is 0 Å². The van der Waals surface area contributed by atoms with Gasteiger partial charge in [0.05, 0.1) is 6.42 Å². The predicted molar refractivity (Wildman–Crippen MR) is 87.7 cm³/mol. The molecule has 2 heteroatoms. The summed E-state index contributed by atoms with van der Waals surface area (Å²) in [5.41, 5.74) is 2.72. The van der Waals surface area contributed by atoms with Crippen molar-refractivity contribution in [3.05, 3.63) is 71.3 Å². The molecule has 0 heterocycles. The van der Waals surface area contributed by atoms with Gasteiger partial charge in [0.25, 0.3) is 0 Å². The molecule has 0 saturated heterocycles. The van der Waals surface area contributed by atoms with E-state index in [0.29, 0.717) is 18.4 Å². The second kappa shape index (κ2) is 7.95. The molecule has 0 aliphatic rings. The summed E-state index contributed by atoms with van der Waals surface area (Å²) in [4.78, 5) is 23.7. The Bertz CT molecular complexity index is 701. The van der Waals surface area contributed by atoms with Crippen molar-refractivity contribution in [1.82, 2.24) is 0 Å². The summed E-state index contributed by atoms with van der Waals surface area (Å²) in [5.74, 6) is 5.82. The zero-order chi connectivity index (χ0) is 15.8. The van der Waals surface area contributed by atoms with Gasteiger partial charge >= 0.3 is 0 Å². The van der Waals surface area contributed by atoms with Gasteiger partial charge in [-0.2, -0.15) is 0 Å². The lowest BCUT2D eigenvalue weighted by molar-refractivity contribution is -0.118. The monoisotopic (exact) mass is 290 g/mol. The highest BCUT2D eigenvalue weighted by molar-refractivity contribution is 6.07. The third-order valence-corrected chi connectivity index (χ3v) is 3.27. The Kier molecular flexibility index (Phi) is 5.68. The van der Waals surface area contributed by atoms with E-state index in [2.05, 4.69) is 11.8 Å². The minimum absolute atomic E-state index is 0.0454. The van der Waals surface area contributed by atoms with E-state index < -0.39 is 0 Å². The van der Waals surface area contributed by atoms with Crippen molar-refractivity contribution in [2.75, 3.05) is 0 Å². The van der Waals surface area contributed by atoms with E-state index in [9.17, 15) is 9.59 Å². The van der Waals surface area contributed by atoms with Gasteiger partial charge in [-0.25, -0.2) is 0 Å². The minimum atomic E-state index is -0.128. The lowest BCUT2D eigenvalue weighted by Gasteiger charge is -1.99. The standard InChI is InChI=1S/C20H18O2/c1-16-11-13-17(14-12-16)7-5-6-10-19(21)15-20(22)18-8-3-2-4-9-18/h2-4,8-9,11-14H,6,10,15H2,1H3. The van der Waals surface area contributed by atoms with Gasteiger partial charge in [0.15, 0.2) is 5.78 Å². The SMILES string of the molecule is Cc1ccc(C#CCCC(=O)CC(=O)c2ccccc2)cc1. The summed E-state index contributed by atoms with van der Waals surface area (Å²) < 4.78 is 0. The maximum absolute atomic E-state index is 11.9. The summed E-state index contributed by atoms with van der Waals surface area (Å²) in [7, 11) is 0. The number of carbonyl (C=O) groups is 2. The number of ketones is 2.